The molecule has 3 heteroatoms. The second-order valence-corrected chi connectivity index (χ2v) is 5.56. The van der Waals surface area contributed by atoms with Gasteiger partial charge in [-0.15, -0.1) is 0 Å². The minimum atomic E-state index is -0.00907. The van der Waals surface area contributed by atoms with Crippen molar-refractivity contribution in [2.24, 2.45) is 5.92 Å². The Morgan fingerprint density at radius 1 is 1.33 bits per heavy atom. The lowest BCUT2D eigenvalue weighted by atomic mass is 9.80. The summed E-state index contributed by atoms with van der Waals surface area (Å²) in [6.45, 7) is 4.08. The maximum absolute atomic E-state index is 12.3. The van der Waals surface area contributed by atoms with Crippen LogP contribution >= 0.6 is 0 Å². The van der Waals surface area contributed by atoms with Gasteiger partial charge in [-0.05, 0) is 50.9 Å². The lowest BCUT2D eigenvalue weighted by Crippen LogP contribution is -2.56. The van der Waals surface area contributed by atoms with Crippen molar-refractivity contribution in [1.29, 1.82) is 0 Å². The number of phenolic OH excluding ortho intramolecular Hbond substituents is 1. The molecule has 96 valence electrons. The van der Waals surface area contributed by atoms with E-state index in [1.165, 1.54) is 0 Å². The molecule has 0 unspecified atom stereocenters. The van der Waals surface area contributed by atoms with E-state index in [1.807, 2.05) is 19.1 Å². The molecule has 0 aromatic heterocycles. The van der Waals surface area contributed by atoms with E-state index < -0.39 is 0 Å². The van der Waals surface area contributed by atoms with Crippen molar-refractivity contribution in [3.8, 4) is 5.75 Å². The third kappa shape index (κ3) is 1.93. The Balaban J connectivity index is 1.84. The average molecular weight is 245 g/mol. The Morgan fingerprint density at radius 2 is 2.06 bits per heavy atom. The molecule has 0 saturated carbocycles. The van der Waals surface area contributed by atoms with Crippen LogP contribution in [0, 0.1) is 12.8 Å². The van der Waals surface area contributed by atoms with E-state index in [1.54, 1.807) is 6.07 Å². The first kappa shape index (κ1) is 11.7. The van der Waals surface area contributed by atoms with Gasteiger partial charge in [0.2, 0.25) is 0 Å². The monoisotopic (exact) mass is 245 g/mol. The Bertz CT molecular complexity index is 475. The standard InChI is InChI=1S/C15H19NO2/c1-10-2-3-14(17)12(8-10)9-13-15(18)11-4-6-16(13)7-5-11/h2-3,8,11,13,17H,4-7,9H2,1H3/t13-/m1/s1. The summed E-state index contributed by atoms with van der Waals surface area (Å²) in [5, 5.41) is 9.89. The van der Waals surface area contributed by atoms with Crippen molar-refractivity contribution in [2.45, 2.75) is 32.2 Å². The number of carbonyl (C=O) groups excluding carboxylic acids is 1. The van der Waals surface area contributed by atoms with E-state index in [0.717, 1.165) is 37.1 Å². The van der Waals surface area contributed by atoms with Crippen molar-refractivity contribution in [2.75, 3.05) is 13.1 Å². The molecule has 3 saturated heterocycles. The van der Waals surface area contributed by atoms with Gasteiger partial charge in [0.1, 0.15) is 5.75 Å². The number of piperidine rings is 3. The predicted octanol–water partition coefficient (Wildman–Crippen LogP) is 1.91. The number of Topliss-reactive ketones (excluding diaryl/α,β-unsaturated/α-hetero) is 1. The lowest BCUT2D eigenvalue weighted by Gasteiger charge is -2.44. The number of ketones is 1. The van der Waals surface area contributed by atoms with Gasteiger partial charge in [-0.1, -0.05) is 17.7 Å². The Labute approximate surface area is 107 Å². The average Bonchev–Trinajstić information content (AvgIpc) is 2.38. The summed E-state index contributed by atoms with van der Waals surface area (Å²) in [5.74, 6) is 0.969. The number of hydrogen-bond acceptors (Lipinski definition) is 3. The van der Waals surface area contributed by atoms with Crippen LogP contribution in [-0.4, -0.2) is 34.9 Å². The van der Waals surface area contributed by atoms with E-state index in [4.69, 9.17) is 0 Å². The van der Waals surface area contributed by atoms with Crippen LogP contribution in [0.4, 0.5) is 0 Å². The van der Waals surface area contributed by atoms with E-state index >= 15 is 0 Å². The number of hydrogen-bond donors (Lipinski definition) is 1. The summed E-state index contributed by atoms with van der Waals surface area (Å²) in [7, 11) is 0. The predicted molar refractivity (Wildman–Crippen MR) is 69.6 cm³/mol. The first-order valence-electron chi connectivity index (χ1n) is 6.71. The molecule has 4 rings (SSSR count). The van der Waals surface area contributed by atoms with Crippen LogP contribution in [0.1, 0.15) is 24.0 Å². The topological polar surface area (TPSA) is 40.5 Å². The van der Waals surface area contributed by atoms with Crippen LogP contribution in [0.5, 0.6) is 5.75 Å². The van der Waals surface area contributed by atoms with Gasteiger partial charge in [-0.25, -0.2) is 0 Å². The normalized spacial score (nSPS) is 30.7. The summed E-state index contributed by atoms with van der Waals surface area (Å²) < 4.78 is 0. The maximum Gasteiger partial charge on any atom is 0.153 e. The minimum Gasteiger partial charge on any atom is -0.508 e. The molecule has 0 amide bonds. The Hall–Kier alpha value is -1.35. The van der Waals surface area contributed by atoms with Crippen LogP contribution in [0.2, 0.25) is 0 Å². The molecule has 1 atom stereocenters. The highest BCUT2D eigenvalue weighted by atomic mass is 16.3. The first-order valence-corrected chi connectivity index (χ1v) is 6.71. The number of fused-ring (bicyclic) bond motifs is 3. The highest BCUT2D eigenvalue weighted by Gasteiger charge is 2.40. The molecule has 0 spiro atoms. The summed E-state index contributed by atoms with van der Waals surface area (Å²) in [4.78, 5) is 14.5. The molecule has 1 aromatic rings. The lowest BCUT2D eigenvalue weighted by molar-refractivity contribution is -0.136. The van der Waals surface area contributed by atoms with Crippen LogP contribution in [-0.2, 0) is 11.2 Å². The van der Waals surface area contributed by atoms with E-state index in [2.05, 4.69) is 4.90 Å². The third-order valence-corrected chi connectivity index (χ3v) is 4.35. The molecule has 0 aliphatic carbocycles. The smallest absolute Gasteiger partial charge is 0.153 e. The van der Waals surface area contributed by atoms with Crippen molar-refractivity contribution < 1.29 is 9.90 Å². The zero-order valence-corrected chi connectivity index (χ0v) is 10.7. The molecule has 3 aliphatic heterocycles. The van der Waals surface area contributed by atoms with Gasteiger partial charge in [0.15, 0.2) is 5.78 Å². The van der Waals surface area contributed by atoms with Gasteiger partial charge in [0.05, 0.1) is 6.04 Å². The van der Waals surface area contributed by atoms with E-state index in [9.17, 15) is 9.90 Å². The maximum atomic E-state index is 12.3. The number of aryl methyl sites for hydroxylation is 1. The van der Waals surface area contributed by atoms with Crippen LogP contribution in [0.3, 0.4) is 0 Å². The molecule has 1 aromatic carbocycles. The van der Waals surface area contributed by atoms with Gasteiger partial charge >= 0.3 is 0 Å². The van der Waals surface area contributed by atoms with Crippen LogP contribution in [0.15, 0.2) is 18.2 Å². The highest BCUT2D eigenvalue weighted by molar-refractivity contribution is 5.88. The highest BCUT2D eigenvalue weighted by Crippen LogP contribution is 2.32. The summed E-state index contributed by atoms with van der Waals surface area (Å²) in [6.07, 6.45) is 2.70. The fourth-order valence-electron chi connectivity index (χ4n) is 3.26. The van der Waals surface area contributed by atoms with Crippen molar-refractivity contribution in [3.05, 3.63) is 29.3 Å². The van der Waals surface area contributed by atoms with Gasteiger partial charge in [-0.2, -0.15) is 0 Å². The SMILES string of the molecule is Cc1ccc(O)c(C[C@@H]2C(=O)C3CCN2CC3)c1. The van der Waals surface area contributed by atoms with Crippen molar-refractivity contribution >= 4 is 5.78 Å². The van der Waals surface area contributed by atoms with Crippen molar-refractivity contribution in [3.63, 3.8) is 0 Å². The zero-order valence-electron chi connectivity index (χ0n) is 10.7. The second-order valence-electron chi connectivity index (χ2n) is 5.56. The molecular weight excluding hydrogens is 226 g/mol. The van der Waals surface area contributed by atoms with Gasteiger partial charge < -0.3 is 5.11 Å². The number of carbonyl (C=O) groups is 1. The molecule has 3 nitrogen and oxygen atoms in total. The fraction of sp³-hybridized carbons (Fsp3) is 0.533. The molecule has 2 bridgehead atoms. The molecule has 3 aliphatic rings. The van der Waals surface area contributed by atoms with Gasteiger partial charge in [-0.3, -0.25) is 9.69 Å². The number of nitrogens with zero attached hydrogens (tertiary/aromatic N) is 1. The first-order chi connectivity index (χ1) is 8.65. The summed E-state index contributed by atoms with van der Waals surface area (Å²) >= 11 is 0. The second kappa shape index (κ2) is 4.39. The molecule has 0 radical (unpaired) electrons. The number of rotatable bonds is 2. The molecular formula is C15H19NO2. The van der Waals surface area contributed by atoms with Crippen molar-refractivity contribution in [1.82, 2.24) is 4.90 Å². The van der Waals surface area contributed by atoms with E-state index in [0.29, 0.717) is 18.0 Å². The van der Waals surface area contributed by atoms with Gasteiger partial charge in [0.25, 0.3) is 0 Å². The van der Waals surface area contributed by atoms with Crippen LogP contribution < -0.4 is 0 Å². The number of benzene rings is 1. The summed E-state index contributed by atoms with van der Waals surface area (Å²) in [5.41, 5.74) is 2.03. The number of phenols is 1. The van der Waals surface area contributed by atoms with E-state index in [-0.39, 0.29) is 12.0 Å². The quantitative estimate of drug-likeness (QED) is 0.865. The Kier molecular flexibility index (Phi) is 2.86. The summed E-state index contributed by atoms with van der Waals surface area (Å²) in [6, 6.07) is 5.61. The molecule has 3 heterocycles. The molecule has 18 heavy (non-hydrogen) atoms. The largest absolute Gasteiger partial charge is 0.508 e. The zero-order chi connectivity index (χ0) is 12.7. The molecule has 3 fully saturated rings. The van der Waals surface area contributed by atoms with Crippen LogP contribution in [0.25, 0.3) is 0 Å². The minimum absolute atomic E-state index is 0.00907. The third-order valence-electron chi connectivity index (χ3n) is 4.35. The number of aromatic hydroxyl groups is 1. The van der Waals surface area contributed by atoms with Gasteiger partial charge in [0, 0.05) is 5.92 Å². The Morgan fingerprint density at radius 3 is 2.72 bits per heavy atom. The fourth-order valence-corrected chi connectivity index (χ4v) is 3.26. The molecule has 1 N–H and O–H groups in total.